The highest BCUT2D eigenvalue weighted by atomic mass is 16.6. The normalized spacial score (nSPS) is 17.7. The molecule has 2 amide bonds. The van der Waals surface area contributed by atoms with E-state index in [2.05, 4.69) is 10.8 Å². The Labute approximate surface area is 184 Å². The van der Waals surface area contributed by atoms with Gasteiger partial charge in [-0.25, -0.2) is 10.3 Å². The molecule has 0 aromatic heterocycles. The van der Waals surface area contributed by atoms with E-state index >= 15 is 0 Å². The van der Waals surface area contributed by atoms with E-state index in [4.69, 9.17) is 9.57 Å². The summed E-state index contributed by atoms with van der Waals surface area (Å²) in [6.45, 7) is 8.93. The number of hydroxylamine groups is 1. The summed E-state index contributed by atoms with van der Waals surface area (Å²) in [5.41, 5.74) is 2.72. The summed E-state index contributed by atoms with van der Waals surface area (Å²) >= 11 is 0. The van der Waals surface area contributed by atoms with Crippen molar-refractivity contribution in [3.63, 3.8) is 0 Å². The fraction of sp³-hybridized carbons (Fsp3) is 0.609. The van der Waals surface area contributed by atoms with Gasteiger partial charge in [-0.3, -0.25) is 19.3 Å². The van der Waals surface area contributed by atoms with Crippen molar-refractivity contribution in [2.24, 2.45) is 5.92 Å². The van der Waals surface area contributed by atoms with E-state index in [1.54, 1.807) is 20.8 Å². The molecule has 1 aliphatic rings. The average molecular weight is 434 g/mol. The van der Waals surface area contributed by atoms with Gasteiger partial charge in [0, 0.05) is 32.0 Å². The van der Waals surface area contributed by atoms with Crippen LogP contribution < -0.4 is 10.8 Å². The van der Waals surface area contributed by atoms with Crippen LogP contribution in [0.1, 0.15) is 52.5 Å². The minimum Gasteiger partial charge on any atom is -0.444 e. The van der Waals surface area contributed by atoms with Crippen LogP contribution in [0, 0.1) is 5.92 Å². The van der Waals surface area contributed by atoms with Crippen LogP contribution in [0.3, 0.4) is 0 Å². The molecule has 1 fully saturated rings. The van der Waals surface area contributed by atoms with Gasteiger partial charge in [0.15, 0.2) is 5.78 Å². The molecule has 172 valence electrons. The molecule has 1 aliphatic heterocycles. The molecule has 1 aromatic carbocycles. The van der Waals surface area contributed by atoms with E-state index in [1.165, 1.54) is 4.90 Å². The summed E-state index contributed by atoms with van der Waals surface area (Å²) in [5.74, 6) is -0.978. The highest BCUT2D eigenvalue weighted by Gasteiger charge is 2.38. The van der Waals surface area contributed by atoms with Crippen molar-refractivity contribution in [2.45, 2.75) is 65.2 Å². The Morgan fingerprint density at radius 3 is 2.58 bits per heavy atom. The molecule has 8 nitrogen and oxygen atoms in total. The van der Waals surface area contributed by atoms with Crippen molar-refractivity contribution in [1.82, 2.24) is 15.7 Å². The number of piperazine rings is 1. The van der Waals surface area contributed by atoms with Crippen molar-refractivity contribution >= 4 is 17.8 Å². The van der Waals surface area contributed by atoms with Gasteiger partial charge in [0.05, 0.1) is 6.61 Å². The molecule has 0 spiro atoms. The van der Waals surface area contributed by atoms with E-state index in [-0.39, 0.29) is 24.7 Å². The predicted octanol–water partition coefficient (Wildman–Crippen LogP) is 2.82. The third-order valence-corrected chi connectivity index (χ3v) is 4.94. The first-order valence-electron chi connectivity index (χ1n) is 10.9. The maximum atomic E-state index is 13.3. The summed E-state index contributed by atoms with van der Waals surface area (Å²) in [4.78, 5) is 45.1. The number of hydrogen-bond acceptors (Lipinski definition) is 6. The second kappa shape index (κ2) is 11.8. The van der Waals surface area contributed by atoms with Crippen molar-refractivity contribution in [3.8, 4) is 0 Å². The Kier molecular flexibility index (Phi) is 9.45. The molecular weight excluding hydrogens is 398 g/mol. The molecule has 0 saturated carbocycles. The zero-order valence-electron chi connectivity index (χ0n) is 19.0. The Bertz CT molecular complexity index is 732. The minimum atomic E-state index is -0.654. The number of hydrogen-bond donors (Lipinski definition) is 2. The zero-order chi connectivity index (χ0) is 22.9. The van der Waals surface area contributed by atoms with E-state index in [0.717, 1.165) is 12.0 Å². The van der Waals surface area contributed by atoms with Crippen LogP contribution in [0.5, 0.6) is 0 Å². The van der Waals surface area contributed by atoms with Gasteiger partial charge in [-0.15, -0.1) is 0 Å². The minimum absolute atomic E-state index is 0.0140. The van der Waals surface area contributed by atoms with E-state index < -0.39 is 23.7 Å². The molecule has 1 aromatic rings. The molecule has 31 heavy (non-hydrogen) atoms. The highest BCUT2D eigenvalue weighted by molar-refractivity contribution is 5.92. The largest absolute Gasteiger partial charge is 0.444 e. The summed E-state index contributed by atoms with van der Waals surface area (Å²) in [6.07, 6.45) is 0.823. The Hall–Kier alpha value is -2.45. The lowest BCUT2D eigenvalue weighted by Crippen LogP contribution is -2.59. The van der Waals surface area contributed by atoms with Gasteiger partial charge in [-0.1, -0.05) is 43.7 Å². The van der Waals surface area contributed by atoms with Crippen LogP contribution >= 0.6 is 0 Å². The number of ether oxygens (including phenoxy) is 1. The molecule has 2 rings (SSSR count). The zero-order valence-corrected chi connectivity index (χ0v) is 19.0. The lowest BCUT2D eigenvalue weighted by atomic mass is 9.89. The molecule has 8 heteroatoms. The molecule has 2 atom stereocenters. The summed E-state index contributed by atoms with van der Waals surface area (Å²) in [5, 5.41) is 3.17. The molecule has 0 bridgehead atoms. The number of carbonyl (C=O) groups excluding carboxylic acids is 3. The molecule has 1 heterocycles. The molecular formula is C23H35N3O5. The quantitative estimate of drug-likeness (QED) is 0.582. The third kappa shape index (κ3) is 8.30. The molecule has 1 saturated heterocycles. The van der Waals surface area contributed by atoms with Crippen molar-refractivity contribution in [1.29, 1.82) is 0 Å². The molecule has 0 radical (unpaired) electrons. The van der Waals surface area contributed by atoms with Crippen LogP contribution in [0.2, 0.25) is 0 Å². The number of amides is 2. The molecule has 0 aliphatic carbocycles. The summed E-state index contributed by atoms with van der Waals surface area (Å²) in [7, 11) is 0. The van der Waals surface area contributed by atoms with Gasteiger partial charge < -0.3 is 10.1 Å². The number of benzene rings is 1. The topological polar surface area (TPSA) is 97.0 Å². The standard InChI is InChI=1S/C23H35N3O5/c1-5-9-18(14-20(27)25-30-16-17-10-7-6-8-11-17)21(28)19-15-24-12-13-26(19)22(29)31-23(2,3)4/h6-8,10-11,18-19,24H,5,9,12-16H2,1-4H3,(H,25,27)/t18-,19-/m0/s1. The van der Waals surface area contributed by atoms with Gasteiger partial charge >= 0.3 is 6.09 Å². The number of ketones is 1. The maximum absolute atomic E-state index is 13.3. The lowest BCUT2D eigenvalue weighted by Gasteiger charge is -2.37. The van der Waals surface area contributed by atoms with E-state index in [1.807, 2.05) is 37.3 Å². The second-order valence-electron chi connectivity index (χ2n) is 8.79. The third-order valence-electron chi connectivity index (χ3n) is 4.94. The average Bonchev–Trinajstić information content (AvgIpc) is 2.72. The van der Waals surface area contributed by atoms with Crippen molar-refractivity contribution in [2.75, 3.05) is 19.6 Å². The monoisotopic (exact) mass is 433 g/mol. The smallest absolute Gasteiger partial charge is 0.410 e. The Morgan fingerprint density at radius 1 is 1.23 bits per heavy atom. The lowest BCUT2D eigenvalue weighted by molar-refractivity contribution is -0.139. The first-order valence-corrected chi connectivity index (χ1v) is 10.9. The van der Waals surface area contributed by atoms with Crippen molar-refractivity contribution < 1.29 is 24.0 Å². The van der Waals surface area contributed by atoms with Crippen molar-refractivity contribution in [3.05, 3.63) is 35.9 Å². The van der Waals surface area contributed by atoms with Crippen LogP contribution in [-0.4, -0.2) is 54.0 Å². The van der Waals surface area contributed by atoms with Crippen LogP contribution in [0.15, 0.2) is 30.3 Å². The SMILES string of the molecule is CCC[C@@H](CC(=O)NOCc1ccccc1)C(=O)[C@@H]1CNCCN1C(=O)OC(C)(C)C. The first-order chi connectivity index (χ1) is 14.7. The molecule has 2 N–H and O–H groups in total. The summed E-state index contributed by atoms with van der Waals surface area (Å²) in [6, 6.07) is 8.84. The predicted molar refractivity (Wildman–Crippen MR) is 117 cm³/mol. The Balaban J connectivity index is 1.96. The van der Waals surface area contributed by atoms with E-state index in [0.29, 0.717) is 26.1 Å². The van der Waals surface area contributed by atoms with E-state index in [9.17, 15) is 14.4 Å². The summed E-state index contributed by atoms with van der Waals surface area (Å²) < 4.78 is 5.48. The number of Topliss-reactive ketones (excluding diaryl/α,β-unsaturated/α-hetero) is 1. The fourth-order valence-electron chi connectivity index (χ4n) is 3.50. The number of nitrogens with one attached hydrogen (secondary N) is 2. The van der Waals surface area contributed by atoms with Gasteiger partial charge in [0.2, 0.25) is 5.91 Å². The fourth-order valence-corrected chi connectivity index (χ4v) is 3.50. The number of nitrogens with zero attached hydrogens (tertiary/aromatic N) is 1. The Morgan fingerprint density at radius 2 is 1.94 bits per heavy atom. The van der Waals surface area contributed by atoms with Gasteiger partial charge in [-0.05, 0) is 32.8 Å². The van der Waals surface area contributed by atoms with Crippen LogP contribution in [0.25, 0.3) is 0 Å². The maximum Gasteiger partial charge on any atom is 0.410 e. The van der Waals surface area contributed by atoms with Crippen LogP contribution in [-0.2, 0) is 25.8 Å². The second-order valence-corrected chi connectivity index (χ2v) is 8.79. The number of carbonyl (C=O) groups is 3. The van der Waals surface area contributed by atoms with Gasteiger partial charge in [-0.2, -0.15) is 0 Å². The van der Waals surface area contributed by atoms with Crippen LogP contribution in [0.4, 0.5) is 4.79 Å². The highest BCUT2D eigenvalue weighted by Crippen LogP contribution is 2.20. The van der Waals surface area contributed by atoms with Gasteiger partial charge in [0.25, 0.3) is 0 Å². The molecule has 0 unspecified atom stereocenters. The number of rotatable bonds is 9. The van der Waals surface area contributed by atoms with Gasteiger partial charge in [0.1, 0.15) is 11.6 Å². The first kappa shape index (κ1) is 24.8.